The van der Waals surface area contributed by atoms with Gasteiger partial charge in [-0.15, -0.1) is 0 Å². The van der Waals surface area contributed by atoms with Crippen molar-refractivity contribution >= 4 is 23.2 Å². The lowest BCUT2D eigenvalue weighted by atomic mass is 10.1. The van der Waals surface area contributed by atoms with Crippen molar-refractivity contribution in [3.8, 4) is 11.8 Å². The Balaban J connectivity index is 1.32. The molecule has 3 fully saturated rings. The maximum Gasteiger partial charge on any atom is 0.277 e. The third-order valence-corrected chi connectivity index (χ3v) is 5.53. The molecule has 2 saturated carbocycles. The van der Waals surface area contributed by atoms with Crippen molar-refractivity contribution < 1.29 is 14.3 Å². The molecule has 4 rings (SSSR count). The Hall–Kier alpha value is -2.40. The molecule has 0 bridgehead atoms. The average molecular weight is 415 g/mol. The van der Waals surface area contributed by atoms with Crippen LogP contribution in [0.5, 0.6) is 0 Å². The smallest absolute Gasteiger partial charge is 0.277 e. The lowest BCUT2D eigenvalue weighted by Crippen LogP contribution is -2.38. The first-order valence-corrected chi connectivity index (χ1v) is 10.1. The zero-order valence-corrected chi connectivity index (χ0v) is 16.7. The minimum absolute atomic E-state index is 0.0787. The topological polar surface area (TPSA) is 95.8 Å². The Morgan fingerprint density at radius 2 is 2.10 bits per heavy atom. The van der Waals surface area contributed by atoms with Gasteiger partial charge < -0.3 is 20.1 Å². The van der Waals surface area contributed by atoms with Crippen molar-refractivity contribution in [2.45, 2.75) is 32.0 Å². The molecule has 152 valence electrons. The number of rotatable bonds is 6. The van der Waals surface area contributed by atoms with Crippen LogP contribution in [-0.4, -0.2) is 32.0 Å². The predicted molar refractivity (Wildman–Crippen MR) is 108 cm³/mol. The van der Waals surface area contributed by atoms with Gasteiger partial charge in [0, 0.05) is 23.1 Å². The summed E-state index contributed by atoms with van der Waals surface area (Å²) >= 11 is 6.19. The fourth-order valence-electron chi connectivity index (χ4n) is 2.91. The summed E-state index contributed by atoms with van der Waals surface area (Å²) < 4.78 is 11.4. The van der Waals surface area contributed by atoms with Crippen molar-refractivity contribution in [2.24, 2.45) is 16.4 Å². The Bertz CT molecular complexity index is 887. The van der Waals surface area contributed by atoms with E-state index in [0.29, 0.717) is 36.4 Å². The molecule has 1 aromatic carbocycles. The first-order chi connectivity index (χ1) is 14.1. The Morgan fingerprint density at radius 3 is 2.76 bits per heavy atom. The summed E-state index contributed by atoms with van der Waals surface area (Å²) in [5.41, 5.74) is 8.67. The van der Waals surface area contributed by atoms with Crippen LogP contribution in [-0.2, 0) is 14.3 Å². The Kier molecular flexibility index (Phi) is 5.86. The highest BCUT2D eigenvalue weighted by molar-refractivity contribution is 6.34. The van der Waals surface area contributed by atoms with E-state index in [-0.39, 0.29) is 17.4 Å². The number of ether oxygens (including phenoxy) is 2. The number of nitrogens with zero attached hydrogens (tertiary/aromatic N) is 1. The van der Waals surface area contributed by atoms with E-state index >= 15 is 0 Å². The molecule has 0 aromatic heterocycles. The summed E-state index contributed by atoms with van der Waals surface area (Å²) in [6, 6.07) is 5.23. The van der Waals surface area contributed by atoms with Gasteiger partial charge in [-0.3, -0.25) is 4.79 Å². The number of carbonyl (C=O) groups is 1. The summed E-state index contributed by atoms with van der Waals surface area (Å²) in [6.07, 6.45) is 5.61. The van der Waals surface area contributed by atoms with Crippen molar-refractivity contribution in [2.75, 3.05) is 25.1 Å². The van der Waals surface area contributed by atoms with E-state index in [9.17, 15) is 4.79 Å². The van der Waals surface area contributed by atoms with Gasteiger partial charge in [0.15, 0.2) is 12.0 Å². The van der Waals surface area contributed by atoms with E-state index in [1.807, 2.05) is 6.07 Å². The minimum Gasteiger partial charge on any atom is -0.384 e. The van der Waals surface area contributed by atoms with Crippen LogP contribution in [0.2, 0.25) is 5.02 Å². The van der Waals surface area contributed by atoms with Crippen LogP contribution in [0.1, 0.15) is 31.2 Å². The van der Waals surface area contributed by atoms with Gasteiger partial charge in [0.2, 0.25) is 0 Å². The van der Waals surface area contributed by atoms with Gasteiger partial charge in [-0.25, -0.2) is 5.53 Å². The van der Waals surface area contributed by atoms with E-state index in [1.54, 1.807) is 12.1 Å². The molecule has 7 nitrogen and oxygen atoms in total. The van der Waals surface area contributed by atoms with Crippen LogP contribution in [0.4, 0.5) is 5.69 Å². The minimum atomic E-state index is -0.538. The van der Waals surface area contributed by atoms with Gasteiger partial charge in [-0.05, 0) is 43.9 Å². The standard InChI is InChI=1S/C21H23ClN4O3/c22-16-6-5-15(4-3-14-1-2-14)9-17(16)25-20(27)18(26-23)10-24-11-19-28-12-21(7-8-21)13-29-19/h5-6,9-10,14,19,23-24H,1-2,7-8,11-13H2,(H,25,27)/b18-10-,26-23?. The van der Waals surface area contributed by atoms with Gasteiger partial charge in [-0.1, -0.05) is 23.4 Å². The fourth-order valence-corrected chi connectivity index (χ4v) is 3.08. The second-order valence-electron chi connectivity index (χ2n) is 7.79. The molecule has 3 aliphatic rings. The van der Waals surface area contributed by atoms with Gasteiger partial charge in [0.1, 0.15) is 0 Å². The van der Waals surface area contributed by atoms with Crippen LogP contribution >= 0.6 is 11.6 Å². The number of hydrogen-bond donors (Lipinski definition) is 3. The van der Waals surface area contributed by atoms with Crippen LogP contribution in [0.15, 0.2) is 35.2 Å². The average Bonchev–Trinajstić information content (AvgIpc) is 3.65. The fraction of sp³-hybridized carbons (Fsp3) is 0.476. The third-order valence-electron chi connectivity index (χ3n) is 5.20. The van der Waals surface area contributed by atoms with Gasteiger partial charge in [0.25, 0.3) is 5.91 Å². The molecule has 29 heavy (non-hydrogen) atoms. The molecule has 1 spiro atoms. The molecule has 2 aliphatic carbocycles. The molecule has 0 atom stereocenters. The number of carbonyl (C=O) groups excluding carboxylic acids is 1. The van der Waals surface area contributed by atoms with Crippen molar-refractivity contribution in [1.29, 1.82) is 5.53 Å². The highest BCUT2D eigenvalue weighted by Crippen LogP contribution is 2.48. The highest BCUT2D eigenvalue weighted by Gasteiger charge is 2.46. The molecule has 1 aliphatic heterocycles. The predicted octanol–water partition coefficient (Wildman–Crippen LogP) is 3.66. The maximum atomic E-state index is 12.5. The van der Waals surface area contributed by atoms with Gasteiger partial charge in [-0.2, -0.15) is 5.11 Å². The Morgan fingerprint density at radius 1 is 1.34 bits per heavy atom. The normalized spacial score (nSPS) is 20.5. The summed E-state index contributed by atoms with van der Waals surface area (Å²) in [5, 5.41) is 9.33. The molecular weight excluding hydrogens is 392 g/mol. The van der Waals surface area contributed by atoms with Crippen molar-refractivity contribution in [3.63, 3.8) is 0 Å². The molecule has 1 amide bonds. The van der Waals surface area contributed by atoms with E-state index in [0.717, 1.165) is 31.2 Å². The SMILES string of the molecule is N=N/C(=C\NCC1OCC2(CC2)CO1)C(=O)Nc1cc(C#CC2CC2)ccc1Cl. The number of halogens is 1. The molecule has 0 radical (unpaired) electrons. The molecule has 1 saturated heterocycles. The summed E-state index contributed by atoms with van der Waals surface area (Å²) in [4.78, 5) is 12.5. The second-order valence-corrected chi connectivity index (χ2v) is 8.20. The second kappa shape index (κ2) is 8.54. The summed E-state index contributed by atoms with van der Waals surface area (Å²) in [6.45, 7) is 1.78. The van der Waals surface area contributed by atoms with Crippen LogP contribution in [0.25, 0.3) is 0 Å². The van der Waals surface area contributed by atoms with Crippen LogP contribution in [0, 0.1) is 28.7 Å². The highest BCUT2D eigenvalue weighted by atomic mass is 35.5. The van der Waals surface area contributed by atoms with E-state index < -0.39 is 5.91 Å². The maximum absolute atomic E-state index is 12.5. The van der Waals surface area contributed by atoms with E-state index in [4.69, 9.17) is 26.6 Å². The number of amides is 1. The molecular formula is C21H23ClN4O3. The number of nitrogens with one attached hydrogen (secondary N) is 3. The van der Waals surface area contributed by atoms with Crippen molar-refractivity contribution in [3.05, 3.63) is 40.7 Å². The molecule has 8 heteroatoms. The number of benzene rings is 1. The molecule has 3 N–H and O–H groups in total. The largest absolute Gasteiger partial charge is 0.384 e. The zero-order valence-electron chi connectivity index (χ0n) is 16.0. The lowest BCUT2D eigenvalue weighted by Gasteiger charge is -2.29. The van der Waals surface area contributed by atoms with Crippen molar-refractivity contribution in [1.82, 2.24) is 5.32 Å². The van der Waals surface area contributed by atoms with E-state index in [2.05, 4.69) is 27.6 Å². The van der Waals surface area contributed by atoms with Crippen LogP contribution in [0.3, 0.4) is 0 Å². The number of hydrogen-bond acceptors (Lipinski definition) is 6. The third kappa shape index (κ3) is 5.36. The van der Waals surface area contributed by atoms with Gasteiger partial charge in [0.05, 0.1) is 30.5 Å². The number of anilines is 1. The molecule has 1 heterocycles. The van der Waals surface area contributed by atoms with Crippen LogP contribution < -0.4 is 10.6 Å². The monoisotopic (exact) mass is 414 g/mol. The first kappa shape index (κ1) is 19.9. The van der Waals surface area contributed by atoms with E-state index in [1.165, 1.54) is 6.20 Å². The zero-order chi connectivity index (χ0) is 20.3. The summed E-state index contributed by atoms with van der Waals surface area (Å²) in [7, 11) is 0. The first-order valence-electron chi connectivity index (χ1n) is 9.74. The van der Waals surface area contributed by atoms with Gasteiger partial charge >= 0.3 is 0 Å². The molecule has 1 aromatic rings. The Labute approximate surface area is 174 Å². The lowest BCUT2D eigenvalue weighted by molar-refractivity contribution is -0.203. The summed E-state index contributed by atoms with van der Waals surface area (Å²) in [5.74, 6) is 6.22. The molecule has 0 unspecified atom stereocenters. The quantitative estimate of drug-likeness (QED) is 0.376.